The lowest BCUT2D eigenvalue weighted by molar-refractivity contribution is 0.0989. The van der Waals surface area contributed by atoms with E-state index in [2.05, 4.69) is 4.98 Å². The lowest BCUT2D eigenvalue weighted by atomic mass is 10.1. The summed E-state index contributed by atoms with van der Waals surface area (Å²) >= 11 is 1.48. The number of nitrogens with zero attached hydrogens (tertiary/aromatic N) is 1. The molecule has 0 radical (unpaired) electrons. The molecule has 2 N–H and O–H groups in total. The first-order chi connectivity index (χ1) is 10.6. The number of thiazole rings is 1. The highest BCUT2D eigenvalue weighted by Gasteiger charge is 2.14. The molecule has 0 aliphatic heterocycles. The van der Waals surface area contributed by atoms with Crippen LogP contribution in [-0.4, -0.2) is 21.0 Å². The van der Waals surface area contributed by atoms with Gasteiger partial charge in [-0.25, -0.2) is 4.98 Å². The van der Waals surface area contributed by atoms with E-state index in [1.54, 1.807) is 0 Å². The predicted octanol–water partition coefficient (Wildman–Crippen LogP) is 3.65. The lowest BCUT2D eigenvalue weighted by Gasteiger charge is -2.03. The number of rotatable bonds is 4. The number of phenolic OH excluding ortho intramolecular Hbond substituents is 2. The van der Waals surface area contributed by atoms with Crippen molar-refractivity contribution in [3.63, 3.8) is 0 Å². The average molecular weight is 311 g/mol. The van der Waals surface area contributed by atoms with Crippen molar-refractivity contribution < 1.29 is 15.0 Å². The Morgan fingerprint density at radius 2 is 1.86 bits per heavy atom. The van der Waals surface area contributed by atoms with Crippen LogP contribution in [0.2, 0.25) is 0 Å². The largest absolute Gasteiger partial charge is 0.508 e. The number of carbonyl (C=O) groups excluding carboxylic acids is 1. The van der Waals surface area contributed by atoms with Crippen LogP contribution in [0.4, 0.5) is 0 Å². The molecule has 2 aromatic carbocycles. The van der Waals surface area contributed by atoms with Gasteiger partial charge in [0.15, 0.2) is 5.78 Å². The zero-order valence-corrected chi connectivity index (χ0v) is 12.4. The fourth-order valence-corrected chi connectivity index (χ4v) is 2.94. The van der Waals surface area contributed by atoms with Gasteiger partial charge in [0, 0.05) is 17.0 Å². The molecule has 0 bridgehead atoms. The summed E-state index contributed by atoms with van der Waals surface area (Å²) in [6.45, 7) is 0. The van der Waals surface area contributed by atoms with E-state index >= 15 is 0 Å². The maximum absolute atomic E-state index is 12.2. The van der Waals surface area contributed by atoms with Crippen LogP contribution >= 0.6 is 11.3 Å². The molecule has 4 nitrogen and oxygen atoms in total. The third-order valence-electron chi connectivity index (χ3n) is 3.20. The Bertz CT molecular complexity index is 812. The van der Waals surface area contributed by atoms with Crippen LogP contribution in [0, 0.1) is 0 Å². The van der Waals surface area contributed by atoms with E-state index in [1.165, 1.54) is 23.5 Å². The van der Waals surface area contributed by atoms with Crippen molar-refractivity contribution in [3.8, 4) is 22.1 Å². The van der Waals surface area contributed by atoms with Gasteiger partial charge in [-0.05, 0) is 12.1 Å². The molecule has 22 heavy (non-hydrogen) atoms. The van der Waals surface area contributed by atoms with E-state index in [1.807, 2.05) is 35.7 Å². The van der Waals surface area contributed by atoms with Gasteiger partial charge in [-0.15, -0.1) is 11.3 Å². The molecule has 3 aromatic rings. The molecule has 0 spiro atoms. The van der Waals surface area contributed by atoms with Crippen molar-refractivity contribution in [2.75, 3.05) is 0 Å². The molecule has 1 heterocycles. The molecule has 0 saturated heterocycles. The van der Waals surface area contributed by atoms with Crippen LogP contribution in [0.25, 0.3) is 10.6 Å². The molecule has 0 amide bonds. The predicted molar refractivity (Wildman–Crippen MR) is 85.4 cm³/mol. The fraction of sp³-hybridized carbons (Fsp3) is 0.0588. The van der Waals surface area contributed by atoms with E-state index in [0.29, 0.717) is 5.69 Å². The summed E-state index contributed by atoms with van der Waals surface area (Å²) in [5.74, 6) is -0.528. The number of ketones is 1. The molecule has 110 valence electrons. The van der Waals surface area contributed by atoms with Crippen LogP contribution in [-0.2, 0) is 6.42 Å². The zero-order chi connectivity index (χ0) is 15.5. The summed E-state index contributed by atoms with van der Waals surface area (Å²) in [6.07, 6.45) is 0.113. The molecule has 5 heteroatoms. The smallest absolute Gasteiger partial charge is 0.172 e. The summed E-state index contributed by atoms with van der Waals surface area (Å²) in [5, 5.41) is 21.7. The molecule has 0 unspecified atom stereocenters. The number of benzene rings is 2. The van der Waals surface area contributed by atoms with Crippen LogP contribution < -0.4 is 0 Å². The standard InChI is InChI=1S/C17H13NO3S/c19-13-6-7-14(16(21)9-13)15(20)8-12-10-22-17(18-12)11-4-2-1-3-5-11/h1-7,9-10,19,21H,8H2. The number of phenols is 2. The number of Topliss-reactive ketones (excluding diaryl/α,β-unsaturated/α-hetero) is 1. The van der Waals surface area contributed by atoms with Crippen molar-refractivity contribution in [1.82, 2.24) is 4.98 Å². The highest BCUT2D eigenvalue weighted by atomic mass is 32.1. The van der Waals surface area contributed by atoms with Crippen LogP contribution in [0.3, 0.4) is 0 Å². The highest BCUT2D eigenvalue weighted by molar-refractivity contribution is 7.13. The van der Waals surface area contributed by atoms with Gasteiger partial charge in [0.05, 0.1) is 17.7 Å². The quantitative estimate of drug-likeness (QED) is 0.722. The third-order valence-corrected chi connectivity index (χ3v) is 4.14. The van der Waals surface area contributed by atoms with Gasteiger partial charge in [0.25, 0.3) is 0 Å². The normalized spacial score (nSPS) is 10.5. The van der Waals surface area contributed by atoms with Gasteiger partial charge in [-0.2, -0.15) is 0 Å². The van der Waals surface area contributed by atoms with Gasteiger partial charge >= 0.3 is 0 Å². The first-order valence-corrected chi connectivity index (χ1v) is 7.56. The van der Waals surface area contributed by atoms with Gasteiger partial charge < -0.3 is 10.2 Å². The number of aromatic hydroxyl groups is 2. The number of carbonyl (C=O) groups is 1. The minimum absolute atomic E-state index is 0.0749. The van der Waals surface area contributed by atoms with Gasteiger partial charge in [-0.3, -0.25) is 4.79 Å². The monoisotopic (exact) mass is 311 g/mol. The molecule has 0 aliphatic carbocycles. The zero-order valence-electron chi connectivity index (χ0n) is 11.6. The molecule has 0 saturated carbocycles. The summed E-state index contributed by atoms with van der Waals surface area (Å²) in [5.41, 5.74) is 1.87. The van der Waals surface area contributed by atoms with Crippen molar-refractivity contribution in [1.29, 1.82) is 0 Å². The third kappa shape index (κ3) is 2.99. The minimum atomic E-state index is -0.234. The Hall–Kier alpha value is -2.66. The van der Waals surface area contributed by atoms with Gasteiger partial charge in [0.1, 0.15) is 16.5 Å². The second kappa shape index (κ2) is 5.99. The molecular formula is C17H13NO3S. The second-order valence-corrected chi connectivity index (χ2v) is 5.67. The van der Waals surface area contributed by atoms with Crippen LogP contribution in [0.1, 0.15) is 16.1 Å². The van der Waals surface area contributed by atoms with E-state index in [9.17, 15) is 15.0 Å². The van der Waals surface area contributed by atoms with E-state index < -0.39 is 0 Å². The molecule has 0 fully saturated rings. The van der Waals surface area contributed by atoms with E-state index in [-0.39, 0.29) is 29.3 Å². The minimum Gasteiger partial charge on any atom is -0.508 e. The number of hydrogen-bond donors (Lipinski definition) is 2. The maximum atomic E-state index is 12.2. The molecule has 1 aromatic heterocycles. The Morgan fingerprint density at radius 3 is 2.59 bits per heavy atom. The van der Waals surface area contributed by atoms with E-state index in [0.717, 1.165) is 16.6 Å². The highest BCUT2D eigenvalue weighted by Crippen LogP contribution is 2.26. The summed E-state index contributed by atoms with van der Waals surface area (Å²) < 4.78 is 0. The Balaban J connectivity index is 1.79. The summed E-state index contributed by atoms with van der Waals surface area (Å²) in [7, 11) is 0. The van der Waals surface area contributed by atoms with Gasteiger partial charge in [0.2, 0.25) is 0 Å². The Kier molecular flexibility index (Phi) is 3.89. The maximum Gasteiger partial charge on any atom is 0.172 e. The lowest BCUT2D eigenvalue weighted by Crippen LogP contribution is -2.04. The van der Waals surface area contributed by atoms with Crippen molar-refractivity contribution >= 4 is 17.1 Å². The van der Waals surface area contributed by atoms with Gasteiger partial charge in [-0.1, -0.05) is 30.3 Å². The summed E-state index contributed by atoms with van der Waals surface area (Å²) in [6, 6.07) is 13.7. The molecule has 0 atom stereocenters. The summed E-state index contributed by atoms with van der Waals surface area (Å²) in [4.78, 5) is 16.7. The SMILES string of the molecule is O=C(Cc1csc(-c2ccccc2)n1)c1ccc(O)cc1O. The Labute approximate surface area is 131 Å². The molecule has 3 rings (SSSR count). The molecule has 0 aliphatic rings. The number of aromatic nitrogens is 1. The van der Waals surface area contributed by atoms with Crippen molar-refractivity contribution in [2.24, 2.45) is 0 Å². The second-order valence-electron chi connectivity index (χ2n) is 4.81. The molecular weight excluding hydrogens is 298 g/mol. The fourth-order valence-electron chi connectivity index (χ4n) is 2.12. The van der Waals surface area contributed by atoms with E-state index in [4.69, 9.17) is 0 Å². The van der Waals surface area contributed by atoms with Crippen molar-refractivity contribution in [3.05, 3.63) is 65.2 Å². The first-order valence-electron chi connectivity index (χ1n) is 6.68. The topological polar surface area (TPSA) is 70.4 Å². The first kappa shape index (κ1) is 14.3. The van der Waals surface area contributed by atoms with Crippen LogP contribution in [0.15, 0.2) is 53.9 Å². The Morgan fingerprint density at radius 1 is 1.09 bits per heavy atom. The average Bonchev–Trinajstić information content (AvgIpc) is 2.96. The van der Waals surface area contributed by atoms with Crippen LogP contribution in [0.5, 0.6) is 11.5 Å². The van der Waals surface area contributed by atoms with Crippen molar-refractivity contribution in [2.45, 2.75) is 6.42 Å². The number of hydrogen-bond acceptors (Lipinski definition) is 5.